The summed E-state index contributed by atoms with van der Waals surface area (Å²) < 4.78 is 51.4. The zero-order chi connectivity index (χ0) is 26.1. The Morgan fingerprint density at radius 1 is 1.17 bits per heavy atom. The van der Waals surface area contributed by atoms with Crippen LogP contribution < -0.4 is 19.7 Å². The molecule has 1 heterocycles. The predicted molar refractivity (Wildman–Crippen MR) is 127 cm³/mol. The van der Waals surface area contributed by atoms with Crippen LogP contribution in [-0.2, 0) is 15.8 Å². The van der Waals surface area contributed by atoms with Gasteiger partial charge in [-0.2, -0.15) is 13.2 Å². The van der Waals surface area contributed by atoms with Crippen molar-refractivity contribution in [3.05, 3.63) is 56.5 Å². The van der Waals surface area contributed by atoms with Crippen LogP contribution in [0.1, 0.15) is 31.9 Å². The van der Waals surface area contributed by atoms with E-state index in [2.05, 4.69) is 15.9 Å². The fraction of sp³-hybridized carbons (Fsp3) is 0.261. The van der Waals surface area contributed by atoms with Crippen molar-refractivity contribution >= 4 is 57.1 Å². The molecule has 1 fully saturated rings. The van der Waals surface area contributed by atoms with Crippen LogP contribution in [0.15, 0.2) is 40.4 Å². The second kappa shape index (κ2) is 10.3. The van der Waals surface area contributed by atoms with Crippen LogP contribution in [0.5, 0.6) is 11.5 Å². The summed E-state index contributed by atoms with van der Waals surface area (Å²) in [6, 6.07) is 4.06. The zero-order valence-corrected chi connectivity index (χ0v) is 21.0. The fourth-order valence-corrected chi connectivity index (χ4v) is 3.94. The number of anilines is 1. The number of hydrogen-bond donors (Lipinski definition) is 1. The third-order valence-electron chi connectivity index (χ3n) is 4.61. The van der Waals surface area contributed by atoms with Crippen molar-refractivity contribution in [1.82, 2.24) is 5.32 Å². The molecule has 4 amide bonds. The molecule has 0 saturated carbocycles. The van der Waals surface area contributed by atoms with Gasteiger partial charge in [0.05, 0.1) is 33.5 Å². The summed E-state index contributed by atoms with van der Waals surface area (Å²) in [5.41, 5.74) is -1.80. The van der Waals surface area contributed by atoms with Crippen LogP contribution in [0, 0.1) is 0 Å². The van der Waals surface area contributed by atoms with E-state index >= 15 is 0 Å². The minimum atomic E-state index is -4.75. The Hall–Kier alpha value is -3.05. The van der Waals surface area contributed by atoms with Crippen LogP contribution in [0.25, 0.3) is 6.08 Å². The van der Waals surface area contributed by atoms with Gasteiger partial charge in [-0.15, -0.1) is 0 Å². The van der Waals surface area contributed by atoms with Crippen molar-refractivity contribution < 1.29 is 37.0 Å². The number of alkyl halides is 3. The lowest BCUT2D eigenvalue weighted by Gasteiger charge is -2.27. The molecule has 35 heavy (non-hydrogen) atoms. The predicted octanol–water partition coefficient (Wildman–Crippen LogP) is 5.97. The Morgan fingerprint density at radius 3 is 2.46 bits per heavy atom. The SMILES string of the molecule is CCOc1cc(/C=C2/C(=O)NC(=O)N(c3cc(C(F)(F)F)ccc3Cl)C2=O)cc(Br)c1OC(C)C. The van der Waals surface area contributed by atoms with Gasteiger partial charge in [-0.05, 0) is 78.7 Å². The van der Waals surface area contributed by atoms with Crippen LogP contribution >= 0.6 is 27.5 Å². The molecule has 1 N–H and O–H groups in total. The van der Waals surface area contributed by atoms with Gasteiger partial charge in [-0.3, -0.25) is 14.9 Å². The Kier molecular flexibility index (Phi) is 7.80. The summed E-state index contributed by atoms with van der Waals surface area (Å²) in [5, 5.41) is 1.67. The topological polar surface area (TPSA) is 84.9 Å². The first-order valence-electron chi connectivity index (χ1n) is 10.2. The summed E-state index contributed by atoms with van der Waals surface area (Å²) in [6.07, 6.45) is -3.73. The van der Waals surface area contributed by atoms with Gasteiger partial charge in [-0.1, -0.05) is 11.6 Å². The van der Waals surface area contributed by atoms with Gasteiger partial charge in [-0.25, -0.2) is 9.69 Å². The molecule has 0 atom stereocenters. The largest absolute Gasteiger partial charge is 0.490 e. The van der Waals surface area contributed by atoms with E-state index in [1.54, 1.807) is 13.0 Å². The van der Waals surface area contributed by atoms with E-state index in [1.165, 1.54) is 12.1 Å². The van der Waals surface area contributed by atoms with Crippen molar-refractivity contribution in [1.29, 1.82) is 0 Å². The number of ether oxygens (including phenoxy) is 2. The smallest absolute Gasteiger partial charge is 0.416 e. The Balaban J connectivity index is 2.08. The minimum Gasteiger partial charge on any atom is -0.490 e. The highest BCUT2D eigenvalue weighted by molar-refractivity contribution is 9.10. The highest BCUT2D eigenvalue weighted by Gasteiger charge is 2.39. The Bertz CT molecular complexity index is 1230. The van der Waals surface area contributed by atoms with E-state index in [9.17, 15) is 27.6 Å². The Morgan fingerprint density at radius 2 is 1.86 bits per heavy atom. The molecule has 0 radical (unpaired) electrons. The van der Waals surface area contributed by atoms with Crippen molar-refractivity contribution in [2.24, 2.45) is 0 Å². The lowest BCUT2D eigenvalue weighted by molar-refractivity contribution is -0.137. The monoisotopic (exact) mass is 574 g/mol. The van der Waals surface area contributed by atoms with E-state index in [4.69, 9.17) is 21.1 Å². The number of barbiturate groups is 1. The summed E-state index contributed by atoms with van der Waals surface area (Å²) in [7, 11) is 0. The van der Waals surface area contributed by atoms with E-state index in [-0.39, 0.29) is 11.1 Å². The van der Waals surface area contributed by atoms with Gasteiger partial charge in [0.25, 0.3) is 11.8 Å². The summed E-state index contributed by atoms with van der Waals surface area (Å²) in [4.78, 5) is 38.4. The minimum absolute atomic E-state index is 0.169. The number of halogens is 5. The van der Waals surface area contributed by atoms with Crippen LogP contribution in [-0.4, -0.2) is 30.6 Å². The molecule has 12 heteroatoms. The maximum absolute atomic E-state index is 13.2. The second-order valence-corrected chi connectivity index (χ2v) is 8.81. The van der Waals surface area contributed by atoms with Gasteiger partial charge >= 0.3 is 12.2 Å². The average Bonchev–Trinajstić information content (AvgIpc) is 2.74. The van der Waals surface area contributed by atoms with Crippen LogP contribution in [0.4, 0.5) is 23.7 Å². The van der Waals surface area contributed by atoms with Crippen molar-refractivity contribution in [2.45, 2.75) is 33.1 Å². The highest BCUT2D eigenvalue weighted by atomic mass is 79.9. The molecule has 1 aliphatic heterocycles. The Labute approximate surface area is 211 Å². The summed E-state index contributed by atoms with van der Waals surface area (Å²) in [6.45, 7) is 5.72. The van der Waals surface area contributed by atoms with Gasteiger partial charge < -0.3 is 9.47 Å². The number of nitrogens with one attached hydrogen (secondary N) is 1. The molecule has 0 aromatic heterocycles. The number of carbonyl (C=O) groups excluding carboxylic acids is 3. The fourth-order valence-electron chi connectivity index (χ4n) is 3.19. The van der Waals surface area contributed by atoms with Crippen molar-refractivity contribution in [3.8, 4) is 11.5 Å². The van der Waals surface area contributed by atoms with Gasteiger partial charge in [0.15, 0.2) is 11.5 Å². The number of hydrogen-bond acceptors (Lipinski definition) is 5. The second-order valence-electron chi connectivity index (χ2n) is 7.55. The lowest BCUT2D eigenvalue weighted by atomic mass is 10.1. The maximum Gasteiger partial charge on any atom is 0.416 e. The summed E-state index contributed by atoms with van der Waals surface area (Å²) in [5.74, 6) is -1.41. The lowest BCUT2D eigenvalue weighted by Crippen LogP contribution is -2.54. The van der Waals surface area contributed by atoms with E-state index in [0.717, 1.165) is 6.07 Å². The van der Waals surface area contributed by atoms with Gasteiger partial charge in [0.1, 0.15) is 5.57 Å². The number of rotatable bonds is 6. The molecule has 0 aliphatic carbocycles. The first-order chi connectivity index (χ1) is 16.3. The van der Waals surface area contributed by atoms with Crippen LogP contribution in [0.3, 0.4) is 0 Å². The molecule has 3 rings (SSSR count). The average molecular weight is 576 g/mol. The number of amides is 4. The number of nitrogens with zero attached hydrogens (tertiary/aromatic N) is 1. The molecule has 0 spiro atoms. The molecule has 1 aliphatic rings. The molecule has 1 saturated heterocycles. The third kappa shape index (κ3) is 5.79. The van der Waals surface area contributed by atoms with Crippen molar-refractivity contribution in [2.75, 3.05) is 11.5 Å². The molecular formula is C23H19BrClF3N2O5. The number of benzene rings is 2. The highest BCUT2D eigenvalue weighted by Crippen LogP contribution is 2.39. The number of urea groups is 1. The summed E-state index contributed by atoms with van der Waals surface area (Å²) >= 11 is 9.38. The first kappa shape index (κ1) is 26.6. The van der Waals surface area contributed by atoms with Crippen molar-refractivity contribution in [3.63, 3.8) is 0 Å². The first-order valence-corrected chi connectivity index (χ1v) is 11.4. The molecular weight excluding hydrogens is 557 g/mol. The zero-order valence-electron chi connectivity index (χ0n) is 18.6. The van der Waals surface area contributed by atoms with Gasteiger partial charge in [0.2, 0.25) is 0 Å². The normalized spacial score (nSPS) is 15.6. The molecule has 2 aromatic carbocycles. The molecule has 2 aromatic rings. The van der Waals surface area contributed by atoms with Crippen LogP contribution in [0.2, 0.25) is 5.02 Å². The number of imide groups is 2. The molecule has 0 bridgehead atoms. The van der Waals surface area contributed by atoms with E-state index in [0.29, 0.717) is 45.2 Å². The van der Waals surface area contributed by atoms with E-state index < -0.39 is 40.8 Å². The quantitative estimate of drug-likeness (QED) is 0.339. The molecule has 7 nitrogen and oxygen atoms in total. The number of carbonyl (C=O) groups is 3. The van der Waals surface area contributed by atoms with Gasteiger partial charge in [0, 0.05) is 0 Å². The molecule has 0 unspecified atom stereocenters. The van der Waals surface area contributed by atoms with E-state index in [1.807, 2.05) is 19.2 Å². The molecule has 186 valence electrons. The maximum atomic E-state index is 13.2. The third-order valence-corrected chi connectivity index (χ3v) is 5.52. The standard InChI is InChI=1S/C23H19BrClF3N2O5/c1-4-34-18-9-12(8-15(24)19(18)35-11(2)3)7-14-20(31)29-22(33)30(21(14)32)17-10-13(23(26,27)28)5-6-16(17)25/h5-11H,4H2,1-3H3,(H,29,31,33)/b14-7-.